The SMILES string of the molecule is COC(=O)c1cc(C#N)c(=O)n(CC(=O)N(C)CC(=O)NC2CC2)c1. The number of carbonyl (C=O) groups excluding carboxylic acids is 3. The van der Waals surface area contributed by atoms with Crippen molar-refractivity contribution >= 4 is 17.8 Å². The highest BCUT2D eigenvalue weighted by Crippen LogP contribution is 2.18. The third kappa shape index (κ3) is 4.67. The van der Waals surface area contributed by atoms with Crippen molar-refractivity contribution in [1.29, 1.82) is 5.26 Å². The van der Waals surface area contributed by atoms with Crippen molar-refractivity contribution in [3.05, 3.63) is 33.7 Å². The maximum absolute atomic E-state index is 12.2. The first-order valence-electron chi connectivity index (χ1n) is 7.62. The van der Waals surface area contributed by atoms with Gasteiger partial charge in [0.05, 0.1) is 19.2 Å². The van der Waals surface area contributed by atoms with Crippen LogP contribution >= 0.6 is 0 Å². The summed E-state index contributed by atoms with van der Waals surface area (Å²) in [5.74, 6) is -1.50. The summed E-state index contributed by atoms with van der Waals surface area (Å²) < 4.78 is 5.53. The van der Waals surface area contributed by atoms with E-state index in [1.54, 1.807) is 6.07 Å². The fourth-order valence-corrected chi connectivity index (χ4v) is 2.13. The fourth-order valence-electron chi connectivity index (χ4n) is 2.13. The predicted octanol–water partition coefficient (Wildman–Crippen LogP) is -0.756. The molecule has 0 atom stereocenters. The van der Waals surface area contributed by atoms with E-state index in [4.69, 9.17) is 5.26 Å². The van der Waals surface area contributed by atoms with E-state index in [2.05, 4.69) is 10.1 Å². The quantitative estimate of drug-likeness (QED) is 0.676. The Kier molecular flexibility index (Phi) is 5.54. The number of nitrogens with one attached hydrogen (secondary N) is 1. The second kappa shape index (κ2) is 7.61. The van der Waals surface area contributed by atoms with E-state index >= 15 is 0 Å². The van der Waals surface area contributed by atoms with E-state index in [0.717, 1.165) is 29.7 Å². The molecule has 25 heavy (non-hydrogen) atoms. The van der Waals surface area contributed by atoms with E-state index in [-0.39, 0.29) is 29.6 Å². The number of nitrogens with zero attached hydrogens (tertiary/aromatic N) is 3. The van der Waals surface area contributed by atoms with Gasteiger partial charge in [0.2, 0.25) is 11.8 Å². The van der Waals surface area contributed by atoms with Gasteiger partial charge in [-0.2, -0.15) is 5.26 Å². The first kappa shape index (κ1) is 18.2. The Balaban J connectivity index is 2.13. The van der Waals surface area contributed by atoms with E-state index < -0.39 is 24.0 Å². The second-order valence-electron chi connectivity index (χ2n) is 5.77. The summed E-state index contributed by atoms with van der Waals surface area (Å²) in [6.45, 7) is -0.530. The molecule has 1 heterocycles. The van der Waals surface area contributed by atoms with Crippen LogP contribution in [0, 0.1) is 11.3 Å². The lowest BCUT2D eigenvalue weighted by Crippen LogP contribution is -2.41. The van der Waals surface area contributed by atoms with Crippen LogP contribution in [0.1, 0.15) is 28.8 Å². The Hall–Kier alpha value is -3.15. The van der Waals surface area contributed by atoms with Crippen LogP contribution < -0.4 is 10.9 Å². The maximum Gasteiger partial charge on any atom is 0.339 e. The number of nitriles is 1. The minimum absolute atomic E-state index is 0.0134. The Bertz CT molecular complexity index is 804. The normalized spacial score (nSPS) is 12.8. The van der Waals surface area contributed by atoms with Gasteiger partial charge in [-0.1, -0.05) is 0 Å². The topological polar surface area (TPSA) is 122 Å². The molecule has 0 radical (unpaired) electrons. The van der Waals surface area contributed by atoms with E-state index in [0.29, 0.717) is 0 Å². The minimum atomic E-state index is -0.727. The number of methoxy groups -OCH3 is 1. The van der Waals surface area contributed by atoms with Crippen molar-refractivity contribution in [2.45, 2.75) is 25.4 Å². The molecule has 1 aromatic heterocycles. The number of aromatic nitrogens is 1. The standard InChI is InChI=1S/C16H18N4O5/c1-19(8-13(21)18-12-3-4-12)14(22)9-20-7-11(16(24)25-2)5-10(6-17)15(20)23/h5,7,12H,3-4,8-9H2,1-2H3,(H,18,21). The largest absolute Gasteiger partial charge is 0.465 e. The molecule has 1 aliphatic carbocycles. The first-order chi connectivity index (χ1) is 11.8. The van der Waals surface area contributed by atoms with Gasteiger partial charge >= 0.3 is 5.97 Å². The Morgan fingerprint density at radius 1 is 1.44 bits per heavy atom. The first-order valence-corrected chi connectivity index (χ1v) is 7.62. The molecule has 0 saturated heterocycles. The van der Waals surface area contributed by atoms with Crippen LogP contribution in [0.25, 0.3) is 0 Å². The summed E-state index contributed by atoms with van der Waals surface area (Å²) in [6, 6.07) is 2.99. The molecule has 1 aromatic rings. The molecule has 0 spiro atoms. The van der Waals surface area contributed by atoms with Gasteiger partial charge in [-0.15, -0.1) is 0 Å². The molecular weight excluding hydrogens is 328 g/mol. The highest BCUT2D eigenvalue weighted by molar-refractivity contribution is 5.89. The molecule has 1 saturated carbocycles. The third-order valence-corrected chi connectivity index (χ3v) is 3.68. The zero-order valence-corrected chi connectivity index (χ0v) is 13.9. The lowest BCUT2D eigenvalue weighted by molar-refractivity contribution is -0.135. The van der Waals surface area contributed by atoms with Gasteiger partial charge in [0, 0.05) is 19.3 Å². The van der Waals surface area contributed by atoms with Crippen molar-refractivity contribution in [2.75, 3.05) is 20.7 Å². The molecule has 2 rings (SSSR count). The van der Waals surface area contributed by atoms with Crippen LogP contribution in [0.5, 0.6) is 0 Å². The molecule has 0 unspecified atom stereocenters. The van der Waals surface area contributed by atoms with Gasteiger partial charge in [0.15, 0.2) is 0 Å². The molecule has 1 aliphatic rings. The highest BCUT2D eigenvalue weighted by atomic mass is 16.5. The van der Waals surface area contributed by atoms with Crippen LogP contribution in [0.2, 0.25) is 0 Å². The zero-order valence-electron chi connectivity index (χ0n) is 13.9. The van der Waals surface area contributed by atoms with E-state index in [1.165, 1.54) is 19.1 Å². The third-order valence-electron chi connectivity index (χ3n) is 3.68. The van der Waals surface area contributed by atoms with E-state index in [1.807, 2.05) is 0 Å². The van der Waals surface area contributed by atoms with Crippen molar-refractivity contribution < 1.29 is 19.1 Å². The van der Waals surface area contributed by atoms with Crippen molar-refractivity contribution in [1.82, 2.24) is 14.8 Å². The van der Waals surface area contributed by atoms with Crippen molar-refractivity contribution in [3.63, 3.8) is 0 Å². The second-order valence-corrected chi connectivity index (χ2v) is 5.77. The molecule has 0 aromatic carbocycles. The lowest BCUT2D eigenvalue weighted by Gasteiger charge is -2.17. The smallest absolute Gasteiger partial charge is 0.339 e. The minimum Gasteiger partial charge on any atom is -0.465 e. The highest BCUT2D eigenvalue weighted by Gasteiger charge is 2.24. The van der Waals surface area contributed by atoms with Gasteiger partial charge < -0.3 is 19.5 Å². The van der Waals surface area contributed by atoms with Gasteiger partial charge in [0.25, 0.3) is 5.56 Å². The number of hydrogen-bond acceptors (Lipinski definition) is 6. The maximum atomic E-state index is 12.2. The Morgan fingerprint density at radius 3 is 2.68 bits per heavy atom. The lowest BCUT2D eigenvalue weighted by atomic mass is 10.2. The van der Waals surface area contributed by atoms with Crippen molar-refractivity contribution in [2.24, 2.45) is 0 Å². The van der Waals surface area contributed by atoms with Crippen LogP contribution in [0.3, 0.4) is 0 Å². The number of rotatable bonds is 6. The van der Waals surface area contributed by atoms with Crippen LogP contribution in [-0.4, -0.2) is 54.0 Å². The predicted molar refractivity (Wildman–Crippen MR) is 85.6 cm³/mol. The average molecular weight is 346 g/mol. The monoisotopic (exact) mass is 346 g/mol. The summed E-state index contributed by atoms with van der Waals surface area (Å²) in [7, 11) is 2.61. The zero-order chi connectivity index (χ0) is 18.6. The number of hydrogen-bond donors (Lipinski definition) is 1. The summed E-state index contributed by atoms with van der Waals surface area (Å²) in [6.07, 6.45) is 3.04. The molecule has 0 bridgehead atoms. The van der Waals surface area contributed by atoms with Crippen LogP contribution in [0.15, 0.2) is 17.1 Å². The Morgan fingerprint density at radius 2 is 2.12 bits per heavy atom. The molecule has 2 amide bonds. The van der Waals surface area contributed by atoms with Gasteiger partial charge in [-0.05, 0) is 18.9 Å². The van der Waals surface area contributed by atoms with Crippen molar-refractivity contribution in [3.8, 4) is 6.07 Å². The molecule has 9 heteroatoms. The number of likely N-dealkylation sites (N-methyl/N-ethyl adjacent to an activating group) is 1. The van der Waals surface area contributed by atoms with Crippen LogP contribution in [0.4, 0.5) is 0 Å². The Labute approximate surface area is 143 Å². The fraction of sp³-hybridized carbons (Fsp3) is 0.438. The van der Waals surface area contributed by atoms with Gasteiger partial charge in [-0.3, -0.25) is 14.4 Å². The molecule has 0 aliphatic heterocycles. The average Bonchev–Trinajstić information content (AvgIpc) is 3.39. The summed E-state index contributed by atoms with van der Waals surface area (Å²) in [5.41, 5.74) is -0.982. The number of esters is 1. The van der Waals surface area contributed by atoms with E-state index in [9.17, 15) is 19.2 Å². The number of amides is 2. The number of pyridine rings is 1. The van der Waals surface area contributed by atoms with Crippen LogP contribution in [-0.2, 0) is 20.9 Å². The molecule has 132 valence electrons. The number of ether oxygens (including phenoxy) is 1. The summed E-state index contributed by atoms with van der Waals surface area (Å²) in [5, 5.41) is 11.8. The number of carbonyl (C=O) groups is 3. The molecule has 1 fully saturated rings. The molecule has 9 nitrogen and oxygen atoms in total. The van der Waals surface area contributed by atoms with Gasteiger partial charge in [0.1, 0.15) is 18.2 Å². The van der Waals surface area contributed by atoms with Gasteiger partial charge in [-0.25, -0.2) is 4.79 Å². The summed E-state index contributed by atoms with van der Waals surface area (Å²) >= 11 is 0. The summed E-state index contributed by atoms with van der Waals surface area (Å²) in [4.78, 5) is 48.9. The molecule has 1 N–H and O–H groups in total. The molecular formula is C16H18N4O5.